The van der Waals surface area contributed by atoms with Gasteiger partial charge in [-0.15, -0.1) is 0 Å². The summed E-state index contributed by atoms with van der Waals surface area (Å²) >= 11 is 0. The van der Waals surface area contributed by atoms with E-state index in [2.05, 4.69) is 24.2 Å². The van der Waals surface area contributed by atoms with Crippen LogP contribution >= 0.6 is 0 Å². The van der Waals surface area contributed by atoms with Gasteiger partial charge >= 0.3 is 0 Å². The molecule has 0 aliphatic rings. The number of nitrogens with one attached hydrogen (secondary N) is 1. The Bertz CT molecular complexity index is 477. The number of carbonyl (C=O) groups excluding carboxylic acids is 1. The van der Waals surface area contributed by atoms with Crippen molar-refractivity contribution in [1.29, 1.82) is 0 Å². The van der Waals surface area contributed by atoms with Crippen LogP contribution in [-0.4, -0.2) is 51.7 Å². The van der Waals surface area contributed by atoms with E-state index in [0.29, 0.717) is 18.7 Å². The van der Waals surface area contributed by atoms with Crippen LogP contribution in [0, 0.1) is 0 Å². The van der Waals surface area contributed by atoms with E-state index in [4.69, 9.17) is 9.47 Å². The van der Waals surface area contributed by atoms with Crippen molar-refractivity contribution in [3.8, 4) is 11.5 Å². The summed E-state index contributed by atoms with van der Waals surface area (Å²) in [5.74, 6) is 1.54. The van der Waals surface area contributed by atoms with Gasteiger partial charge in [0.25, 0.3) is 0 Å². The number of ether oxygens (including phenoxy) is 2. The zero-order valence-electron chi connectivity index (χ0n) is 14.9. The fourth-order valence-electron chi connectivity index (χ4n) is 2.30. The minimum atomic E-state index is 0.105. The second-order valence-corrected chi connectivity index (χ2v) is 5.70. The second-order valence-electron chi connectivity index (χ2n) is 5.70. The lowest BCUT2D eigenvalue weighted by atomic mass is 10.1. The number of hydrogen-bond donors (Lipinski definition) is 1. The van der Waals surface area contributed by atoms with Crippen molar-refractivity contribution < 1.29 is 14.3 Å². The Morgan fingerprint density at radius 1 is 1.17 bits per heavy atom. The Balaban J connectivity index is 2.29. The molecule has 5 heteroatoms. The summed E-state index contributed by atoms with van der Waals surface area (Å²) in [5, 5.41) is 2.97. The summed E-state index contributed by atoms with van der Waals surface area (Å²) in [4.78, 5) is 14.1. The van der Waals surface area contributed by atoms with E-state index in [1.54, 1.807) is 14.2 Å². The van der Waals surface area contributed by atoms with Crippen molar-refractivity contribution in [3.05, 3.63) is 23.8 Å². The molecule has 23 heavy (non-hydrogen) atoms. The number of amides is 1. The Morgan fingerprint density at radius 2 is 1.91 bits per heavy atom. The molecule has 130 valence electrons. The quantitative estimate of drug-likeness (QED) is 0.680. The highest BCUT2D eigenvalue weighted by atomic mass is 16.5. The smallest absolute Gasteiger partial charge is 0.221 e. The SMILES string of the molecule is CCCCN(C)CCC(=O)NCCc1ccc(OC)c(OC)c1. The van der Waals surface area contributed by atoms with Crippen molar-refractivity contribution in [3.63, 3.8) is 0 Å². The molecule has 1 aromatic rings. The van der Waals surface area contributed by atoms with Gasteiger partial charge in [-0.1, -0.05) is 19.4 Å². The highest BCUT2D eigenvalue weighted by molar-refractivity contribution is 5.76. The van der Waals surface area contributed by atoms with Gasteiger partial charge in [-0.25, -0.2) is 0 Å². The van der Waals surface area contributed by atoms with Crippen LogP contribution in [0.5, 0.6) is 11.5 Å². The van der Waals surface area contributed by atoms with E-state index >= 15 is 0 Å². The topological polar surface area (TPSA) is 50.8 Å². The summed E-state index contributed by atoms with van der Waals surface area (Å²) in [6, 6.07) is 5.83. The molecule has 0 atom stereocenters. The summed E-state index contributed by atoms with van der Waals surface area (Å²) in [7, 11) is 5.31. The van der Waals surface area contributed by atoms with Gasteiger partial charge in [0.05, 0.1) is 14.2 Å². The Kier molecular flexibility index (Phi) is 9.14. The Hall–Kier alpha value is -1.75. The van der Waals surface area contributed by atoms with E-state index in [1.807, 2.05) is 18.2 Å². The maximum atomic E-state index is 11.9. The summed E-state index contributed by atoms with van der Waals surface area (Å²) in [5.41, 5.74) is 1.11. The number of nitrogens with zero attached hydrogens (tertiary/aromatic N) is 1. The molecule has 1 amide bonds. The van der Waals surface area contributed by atoms with Crippen LogP contribution in [-0.2, 0) is 11.2 Å². The third-order valence-corrected chi connectivity index (χ3v) is 3.80. The first kappa shape index (κ1) is 19.3. The molecule has 0 heterocycles. The van der Waals surface area contributed by atoms with Crippen molar-refractivity contribution in [2.45, 2.75) is 32.6 Å². The van der Waals surface area contributed by atoms with Crippen LogP contribution in [0.1, 0.15) is 31.7 Å². The first-order valence-electron chi connectivity index (χ1n) is 8.26. The van der Waals surface area contributed by atoms with Gasteiger partial charge in [-0.3, -0.25) is 4.79 Å². The Labute approximate surface area is 140 Å². The largest absolute Gasteiger partial charge is 0.493 e. The summed E-state index contributed by atoms with van der Waals surface area (Å²) in [6.45, 7) is 4.67. The number of hydrogen-bond acceptors (Lipinski definition) is 4. The lowest BCUT2D eigenvalue weighted by Gasteiger charge is -2.15. The number of rotatable bonds is 11. The van der Waals surface area contributed by atoms with E-state index < -0.39 is 0 Å². The first-order valence-corrected chi connectivity index (χ1v) is 8.26. The van der Waals surface area contributed by atoms with Gasteiger partial charge in [-0.05, 0) is 44.1 Å². The van der Waals surface area contributed by atoms with Crippen molar-refractivity contribution >= 4 is 5.91 Å². The zero-order valence-corrected chi connectivity index (χ0v) is 14.9. The maximum absolute atomic E-state index is 11.9. The number of unbranched alkanes of at least 4 members (excludes halogenated alkanes) is 1. The molecular formula is C18H30N2O3. The normalized spacial score (nSPS) is 10.7. The summed E-state index contributed by atoms with van der Waals surface area (Å²) < 4.78 is 10.5. The molecule has 0 radical (unpaired) electrons. The lowest BCUT2D eigenvalue weighted by molar-refractivity contribution is -0.121. The fraction of sp³-hybridized carbons (Fsp3) is 0.611. The van der Waals surface area contributed by atoms with E-state index in [-0.39, 0.29) is 5.91 Å². The highest BCUT2D eigenvalue weighted by Gasteiger charge is 2.06. The minimum absolute atomic E-state index is 0.105. The molecule has 0 spiro atoms. The molecule has 0 bridgehead atoms. The molecule has 1 rings (SSSR count). The monoisotopic (exact) mass is 322 g/mol. The van der Waals surface area contributed by atoms with Crippen LogP contribution in [0.25, 0.3) is 0 Å². The average molecular weight is 322 g/mol. The first-order chi connectivity index (χ1) is 11.1. The van der Waals surface area contributed by atoms with Crippen LogP contribution < -0.4 is 14.8 Å². The molecule has 0 aliphatic heterocycles. The van der Waals surface area contributed by atoms with E-state index in [9.17, 15) is 4.79 Å². The van der Waals surface area contributed by atoms with Gasteiger partial charge in [0.15, 0.2) is 11.5 Å². The van der Waals surface area contributed by atoms with Crippen molar-refractivity contribution in [2.24, 2.45) is 0 Å². The molecule has 0 aliphatic carbocycles. The van der Waals surface area contributed by atoms with Crippen LogP contribution in [0.3, 0.4) is 0 Å². The Morgan fingerprint density at radius 3 is 2.57 bits per heavy atom. The third kappa shape index (κ3) is 7.37. The molecule has 1 N–H and O–H groups in total. The highest BCUT2D eigenvalue weighted by Crippen LogP contribution is 2.27. The number of benzene rings is 1. The molecule has 5 nitrogen and oxygen atoms in total. The van der Waals surface area contributed by atoms with Gasteiger partial charge in [0, 0.05) is 19.5 Å². The van der Waals surface area contributed by atoms with Gasteiger partial charge in [-0.2, -0.15) is 0 Å². The second kappa shape index (κ2) is 10.9. The number of carbonyl (C=O) groups is 1. The predicted octanol–water partition coefficient (Wildman–Crippen LogP) is 2.48. The van der Waals surface area contributed by atoms with Crippen LogP contribution in [0.15, 0.2) is 18.2 Å². The van der Waals surface area contributed by atoms with Crippen molar-refractivity contribution in [1.82, 2.24) is 10.2 Å². The molecule has 0 fully saturated rings. The van der Waals surface area contributed by atoms with E-state index in [1.165, 1.54) is 12.8 Å². The molecule has 0 saturated carbocycles. The molecule has 1 aromatic carbocycles. The summed E-state index contributed by atoms with van der Waals surface area (Å²) in [6.07, 6.45) is 3.68. The average Bonchev–Trinajstić information content (AvgIpc) is 2.57. The molecule has 0 unspecified atom stereocenters. The molecule has 0 aromatic heterocycles. The minimum Gasteiger partial charge on any atom is -0.493 e. The van der Waals surface area contributed by atoms with Gasteiger partial charge < -0.3 is 19.7 Å². The van der Waals surface area contributed by atoms with E-state index in [0.717, 1.165) is 30.8 Å². The maximum Gasteiger partial charge on any atom is 0.221 e. The van der Waals surface area contributed by atoms with Gasteiger partial charge in [0.2, 0.25) is 5.91 Å². The fourth-order valence-corrected chi connectivity index (χ4v) is 2.30. The third-order valence-electron chi connectivity index (χ3n) is 3.80. The van der Waals surface area contributed by atoms with Crippen LogP contribution in [0.2, 0.25) is 0 Å². The van der Waals surface area contributed by atoms with Crippen molar-refractivity contribution in [2.75, 3.05) is 40.9 Å². The lowest BCUT2D eigenvalue weighted by Crippen LogP contribution is -2.30. The standard InChI is InChI=1S/C18H30N2O3/c1-5-6-12-20(2)13-10-18(21)19-11-9-15-7-8-16(22-3)17(14-15)23-4/h7-8,14H,5-6,9-13H2,1-4H3,(H,19,21). The number of methoxy groups -OCH3 is 2. The molecular weight excluding hydrogens is 292 g/mol. The zero-order chi connectivity index (χ0) is 17.1. The van der Waals surface area contributed by atoms with Crippen LogP contribution in [0.4, 0.5) is 0 Å². The van der Waals surface area contributed by atoms with Gasteiger partial charge in [0.1, 0.15) is 0 Å². The molecule has 0 saturated heterocycles. The predicted molar refractivity (Wildman–Crippen MR) is 93.3 cm³/mol.